The molecule has 1 amide bonds. The van der Waals surface area contributed by atoms with E-state index in [0.29, 0.717) is 10.7 Å². The van der Waals surface area contributed by atoms with E-state index in [4.69, 9.17) is 17.3 Å². The van der Waals surface area contributed by atoms with Gasteiger partial charge in [-0.25, -0.2) is 19.1 Å². The zero-order chi connectivity index (χ0) is 23.7. The maximum absolute atomic E-state index is 13.2. The van der Waals surface area contributed by atoms with Gasteiger partial charge in [-0.3, -0.25) is 14.3 Å². The molecule has 0 aliphatic heterocycles. The Balaban J connectivity index is 1.89. The second kappa shape index (κ2) is 8.95. The van der Waals surface area contributed by atoms with E-state index in [-0.39, 0.29) is 25.1 Å². The van der Waals surface area contributed by atoms with Crippen molar-refractivity contribution < 1.29 is 4.79 Å². The van der Waals surface area contributed by atoms with Crippen molar-refractivity contribution in [3.05, 3.63) is 90.9 Å². The number of halogens is 1. The molecule has 170 valence electrons. The van der Waals surface area contributed by atoms with Gasteiger partial charge < -0.3 is 10.7 Å². The van der Waals surface area contributed by atoms with Crippen LogP contribution in [0.3, 0.4) is 0 Å². The number of nitrogens with two attached hydrogens (primary N) is 1. The second-order valence-electron chi connectivity index (χ2n) is 7.83. The number of carbonyl (C=O) groups is 1. The largest absolute Gasteiger partial charge is 0.370 e. The lowest BCUT2D eigenvalue weighted by molar-refractivity contribution is -0.118. The van der Waals surface area contributed by atoms with Crippen LogP contribution in [0.1, 0.15) is 23.2 Å². The first-order chi connectivity index (χ1) is 15.7. The van der Waals surface area contributed by atoms with Gasteiger partial charge in [0.15, 0.2) is 0 Å². The van der Waals surface area contributed by atoms with Crippen molar-refractivity contribution in [2.24, 2.45) is 10.7 Å². The summed E-state index contributed by atoms with van der Waals surface area (Å²) in [4.78, 5) is 47.6. The minimum atomic E-state index is -0.665. The maximum atomic E-state index is 13.2. The average molecular weight is 467 g/mol. The van der Waals surface area contributed by atoms with E-state index in [9.17, 15) is 14.4 Å². The van der Waals surface area contributed by atoms with E-state index < -0.39 is 17.3 Å². The molecule has 0 unspecified atom stereocenters. The van der Waals surface area contributed by atoms with Gasteiger partial charge in [0, 0.05) is 34.6 Å². The van der Waals surface area contributed by atoms with Gasteiger partial charge >= 0.3 is 11.4 Å². The fourth-order valence-electron chi connectivity index (χ4n) is 3.62. The highest BCUT2D eigenvalue weighted by molar-refractivity contribution is 6.30. The number of H-pyrrole nitrogens is 2. The molecule has 0 saturated heterocycles. The minimum Gasteiger partial charge on any atom is -0.370 e. The molecule has 2 aromatic heterocycles. The molecule has 0 aliphatic carbocycles. The average Bonchev–Trinajstić information content (AvgIpc) is 3.05. The Labute approximate surface area is 193 Å². The van der Waals surface area contributed by atoms with Crippen LogP contribution < -0.4 is 22.7 Å². The number of amides is 1. The Morgan fingerprint density at radius 2 is 1.79 bits per heavy atom. The molecule has 4 aromatic rings. The first-order valence-electron chi connectivity index (χ1n) is 10.3. The van der Waals surface area contributed by atoms with Crippen LogP contribution in [0.2, 0.25) is 5.02 Å². The molecule has 0 fully saturated rings. The monoisotopic (exact) mass is 466 g/mol. The molecule has 2 aromatic carbocycles. The number of benzene rings is 2. The van der Waals surface area contributed by atoms with Crippen molar-refractivity contribution in [2.45, 2.75) is 33.4 Å². The topological polar surface area (TPSA) is 131 Å². The fourth-order valence-corrected chi connectivity index (χ4v) is 3.74. The maximum Gasteiger partial charge on any atom is 0.335 e. The van der Waals surface area contributed by atoms with Crippen molar-refractivity contribution in [3.8, 4) is 0 Å². The van der Waals surface area contributed by atoms with E-state index in [0.717, 1.165) is 32.3 Å². The molecular formula is C23H23ClN6O3. The van der Waals surface area contributed by atoms with Crippen LogP contribution in [0.5, 0.6) is 0 Å². The smallest absolute Gasteiger partial charge is 0.335 e. The predicted octanol–water partition coefficient (Wildman–Crippen LogP) is 2.25. The van der Waals surface area contributed by atoms with Gasteiger partial charge in [-0.15, -0.1) is 0 Å². The molecule has 0 spiro atoms. The molecule has 33 heavy (non-hydrogen) atoms. The highest BCUT2D eigenvalue weighted by Crippen LogP contribution is 2.25. The first kappa shape index (κ1) is 22.3. The number of primary amides is 1. The van der Waals surface area contributed by atoms with Crippen molar-refractivity contribution in [1.82, 2.24) is 19.1 Å². The summed E-state index contributed by atoms with van der Waals surface area (Å²) in [5.41, 5.74) is 8.56. The van der Waals surface area contributed by atoms with Crippen molar-refractivity contribution in [3.63, 3.8) is 0 Å². The number of aromatic nitrogens is 4. The van der Waals surface area contributed by atoms with Crippen LogP contribution in [-0.2, 0) is 17.9 Å². The summed E-state index contributed by atoms with van der Waals surface area (Å²) in [7, 11) is 0. The number of fused-ring (bicyclic) bond motifs is 1. The molecule has 2 heterocycles. The van der Waals surface area contributed by atoms with Crippen LogP contribution in [0.15, 0.2) is 57.0 Å². The Bertz CT molecular complexity index is 1540. The number of nitrogens with one attached hydrogen (secondary N) is 2. The summed E-state index contributed by atoms with van der Waals surface area (Å²) in [6.07, 6.45) is -0.136. The Hall–Kier alpha value is -3.85. The van der Waals surface area contributed by atoms with Crippen LogP contribution in [0.25, 0.3) is 10.9 Å². The molecule has 4 N–H and O–H groups in total. The van der Waals surface area contributed by atoms with E-state index in [1.165, 1.54) is 4.57 Å². The Morgan fingerprint density at radius 1 is 1.06 bits per heavy atom. The van der Waals surface area contributed by atoms with Gasteiger partial charge in [0.05, 0.1) is 12.2 Å². The van der Waals surface area contributed by atoms with E-state index in [1.54, 1.807) is 30.3 Å². The zero-order valence-corrected chi connectivity index (χ0v) is 18.9. The lowest BCUT2D eigenvalue weighted by atomic mass is 10.1. The van der Waals surface area contributed by atoms with Crippen LogP contribution in [0, 0.1) is 13.8 Å². The molecule has 0 atom stereocenters. The lowest BCUT2D eigenvalue weighted by Crippen LogP contribution is -2.50. The van der Waals surface area contributed by atoms with E-state index in [1.807, 2.05) is 26.0 Å². The van der Waals surface area contributed by atoms with Crippen LogP contribution in [-0.4, -0.2) is 25.0 Å². The quantitative estimate of drug-likeness (QED) is 0.402. The van der Waals surface area contributed by atoms with E-state index in [2.05, 4.69) is 15.0 Å². The molecule has 9 nitrogen and oxygen atoms in total. The second-order valence-corrected chi connectivity index (χ2v) is 8.27. The predicted molar refractivity (Wildman–Crippen MR) is 127 cm³/mol. The normalized spacial score (nSPS) is 11.9. The summed E-state index contributed by atoms with van der Waals surface area (Å²) in [6.45, 7) is 4.03. The van der Waals surface area contributed by atoms with Crippen molar-refractivity contribution in [1.29, 1.82) is 0 Å². The summed E-state index contributed by atoms with van der Waals surface area (Å²) in [5.74, 6) is -0.607. The summed E-state index contributed by atoms with van der Waals surface area (Å²) in [5, 5.41) is 1.58. The number of aryl methyl sites for hydroxylation is 2. The number of carbonyl (C=O) groups excluding carboxylic acids is 1. The third-order valence-electron chi connectivity index (χ3n) is 5.54. The van der Waals surface area contributed by atoms with Crippen molar-refractivity contribution in [2.75, 3.05) is 0 Å². The number of rotatable bonds is 6. The molecule has 0 aliphatic rings. The third-order valence-corrected chi connectivity index (χ3v) is 5.80. The van der Waals surface area contributed by atoms with Crippen molar-refractivity contribution >= 4 is 34.1 Å². The van der Waals surface area contributed by atoms with Gasteiger partial charge in [0.2, 0.25) is 11.5 Å². The first-order valence-corrected chi connectivity index (χ1v) is 10.7. The fraction of sp³-hybridized carbons (Fsp3) is 0.217. The number of hydrogen-bond acceptors (Lipinski definition) is 4. The van der Waals surface area contributed by atoms with Gasteiger partial charge in [0.1, 0.15) is 0 Å². The number of nitrogens with zero attached hydrogens (tertiary/aromatic N) is 3. The van der Waals surface area contributed by atoms with E-state index >= 15 is 0 Å². The molecular weight excluding hydrogens is 444 g/mol. The van der Waals surface area contributed by atoms with Gasteiger partial charge in [0.25, 0.3) is 0 Å². The zero-order valence-electron chi connectivity index (χ0n) is 18.2. The molecule has 10 heteroatoms. The van der Waals surface area contributed by atoms with Gasteiger partial charge in [-0.1, -0.05) is 23.7 Å². The molecule has 0 radical (unpaired) electrons. The SMILES string of the molecule is Cc1[nH]c2ccc(/N=c3\[nH]c(=O)n(CCC(N)=O)c(=O)n3Cc3ccc(Cl)cc3)cc2c1C. The van der Waals surface area contributed by atoms with Gasteiger partial charge in [-0.2, -0.15) is 0 Å². The summed E-state index contributed by atoms with van der Waals surface area (Å²) >= 11 is 5.98. The lowest BCUT2D eigenvalue weighted by Gasteiger charge is -2.11. The minimum absolute atomic E-state index is 0.0968. The summed E-state index contributed by atoms with van der Waals surface area (Å²) < 4.78 is 2.30. The van der Waals surface area contributed by atoms with Crippen LogP contribution in [0.4, 0.5) is 5.69 Å². The number of aromatic amines is 2. The highest BCUT2D eigenvalue weighted by Gasteiger charge is 2.11. The molecule has 0 bridgehead atoms. The molecule has 4 rings (SSSR count). The van der Waals surface area contributed by atoms with Gasteiger partial charge in [-0.05, 0) is 55.3 Å². The standard InChI is InChI=1S/C23H23ClN6O3/c1-13-14(2)26-19-8-7-17(11-18(13)19)27-21-28-22(32)29(10-9-20(25)31)23(33)30(21)12-15-3-5-16(24)6-4-15/h3-8,11,26H,9-10,12H2,1-2H3,(H2,25,31)(H,27,28,32). The summed E-state index contributed by atoms with van der Waals surface area (Å²) in [6, 6.07) is 12.6. The Morgan fingerprint density at radius 3 is 2.48 bits per heavy atom. The highest BCUT2D eigenvalue weighted by atomic mass is 35.5. The van der Waals surface area contributed by atoms with Crippen LogP contribution >= 0.6 is 11.6 Å². The molecule has 0 saturated carbocycles. The Kier molecular flexibility index (Phi) is 6.06. The third kappa shape index (κ3) is 4.68. The number of hydrogen-bond donors (Lipinski definition) is 3.